The molecule has 0 aliphatic carbocycles. The number of sulfonamides is 1. The third-order valence-electron chi connectivity index (χ3n) is 4.28. The maximum atomic E-state index is 12.9. The van der Waals surface area contributed by atoms with Gasteiger partial charge >= 0.3 is 0 Å². The van der Waals surface area contributed by atoms with Crippen molar-refractivity contribution >= 4 is 21.8 Å². The summed E-state index contributed by atoms with van der Waals surface area (Å²) in [5.41, 5.74) is 5.24. The SMILES string of the molecule is COc1ccc(S(=O)(=O)N[C@H](C(=O)N2CCO[C@@H](C(N)=O)C2)C(C)C)cc1. The van der Waals surface area contributed by atoms with Crippen LogP contribution in [0.2, 0.25) is 0 Å². The van der Waals surface area contributed by atoms with Crippen LogP contribution in [0, 0.1) is 5.92 Å². The normalized spacial score (nSPS) is 19.0. The molecule has 1 aliphatic heterocycles. The Morgan fingerprint density at radius 3 is 2.44 bits per heavy atom. The summed E-state index contributed by atoms with van der Waals surface area (Å²) in [6.45, 7) is 3.91. The first-order valence-electron chi connectivity index (χ1n) is 8.51. The molecule has 0 bridgehead atoms. The van der Waals surface area contributed by atoms with Gasteiger partial charge in [-0.25, -0.2) is 8.42 Å². The minimum atomic E-state index is -3.92. The van der Waals surface area contributed by atoms with Crippen molar-refractivity contribution in [3.05, 3.63) is 24.3 Å². The van der Waals surface area contributed by atoms with Crippen molar-refractivity contribution in [2.75, 3.05) is 26.8 Å². The summed E-state index contributed by atoms with van der Waals surface area (Å²) in [5, 5.41) is 0. The van der Waals surface area contributed by atoms with Crippen molar-refractivity contribution in [2.45, 2.75) is 30.9 Å². The first kappa shape index (κ1) is 21.1. The van der Waals surface area contributed by atoms with E-state index in [0.29, 0.717) is 5.75 Å². The standard InChI is InChI=1S/C17H25N3O6S/c1-11(2)15(17(22)20-8-9-26-14(10-20)16(18)21)19-27(23,24)13-6-4-12(25-3)5-7-13/h4-7,11,14-15,19H,8-10H2,1-3H3,(H2,18,21)/t14-,15+/m1/s1. The van der Waals surface area contributed by atoms with Gasteiger partial charge in [-0.05, 0) is 30.2 Å². The molecule has 0 unspecified atom stereocenters. The van der Waals surface area contributed by atoms with Gasteiger partial charge in [0.25, 0.3) is 0 Å². The van der Waals surface area contributed by atoms with Gasteiger partial charge in [0.1, 0.15) is 11.8 Å². The number of hydrogen-bond acceptors (Lipinski definition) is 6. The third-order valence-corrected chi connectivity index (χ3v) is 5.74. The zero-order valence-corrected chi connectivity index (χ0v) is 16.4. The van der Waals surface area contributed by atoms with Gasteiger partial charge < -0.3 is 20.1 Å². The Bertz CT molecular complexity index is 778. The maximum Gasteiger partial charge on any atom is 0.248 e. The molecule has 3 N–H and O–H groups in total. The van der Waals surface area contributed by atoms with Gasteiger partial charge in [-0.2, -0.15) is 4.72 Å². The summed E-state index contributed by atoms with van der Waals surface area (Å²) in [6, 6.07) is 4.88. The lowest BCUT2D eigenvalue weighted by Crippen LogP contribution is -2.57. The van der Waals surface area contributed by atoms with Crippen molar-refractivity contribution in [1.29, 1.82) is 0 Å². The molecule has 0 aromatic heterocycles. The molecule has 27 heavy (non-hydrogen) atoms. The van der Waals surface area contributed by atoms with E-state index in [1.54, 1.807) is 13.8 Å². The second-order valence-corrected chi connectivity index (χ2v) is 8.28. The van der Waals surface area contributed by atoms with E-state index in [4.69, 9.17) is 15.2 Å². The third kappa shape index (κ3) is 5.18. The predicted octanol–water partition coefficient (Wildman–Crippen LogP) is -0.289. The number of morpholine rings is 1. The second kappa shape index (κ2) is 8.68. The smallest absolute Gasteiger partial charge is 0.248 e. The van der Waals surface area contributed by atoms with Crippen LogP contribution in [-0.4, -0.2) is 64.1 Å². The highest BCUT2D eigenvalue weighted by molar-refractivity contribution is 7.89. The van der Waals surface area contributed by atoms with Crippen molar-refractivity contribution in [3.8, 4) is 5.75 Å². The molecule has 0 saturated carbocycles. The number of amides is 2. The van der Waals surface area contributed by atoms with Gasteiger partial charge in [-0.1, -0.05) is 13.8 Å². The van der Waals surface area contributed by atoms with E-state index < -0.39 is 34.0 Å². The van der Waals surface area contributed by atoms with Crippen LogP contribution in [0.25, 0.3) is 0 Å². The molecule has 1 fully saturated rings. The summed E-state index contributed by atoms with van der Waals surface area (Å²) in [5.74, 6) is -0.860. The van der Waals surface area contributed by atoms with Crippen LogP contribution in [0.5, 0.6) is 5.75 Å². The lowest BCUT2D eigenvalue weighted by molar-refractivity contribution is -0.147. The Balaban J connectivity index is 2.18. The van der Waals surface area contributed by atoms with Crippen LogP contribution >= 0.6 is 0 Å². The largest absolute Gasteiger partial charge is 0.497 e. The number of hydrogen-bond donors (Lipinski definition) is 2. The molecule has 1 aromatic carbocycles. The lowest BCUT2D eigenvalue weighted by atomic mass is 10.0. The summed E-state index contributed by atoms with van der Waals surface area (Å²) in [4.78, 5) is 25.6. The number of ether oxygens (including phenoxy) is 2. The fourth-order valence-corrected chi connectivity index (χ4v) is 4.02. The number of carbonyl (C=O) groups is 2. The zero-order valence-electron chi connectivity index (χ0n) is 15.5. The van der Waals surface area contributed by atoms with Crippen LogP contribution in [0.15, 0.2) is 29.2 Å². The number of carbonyl (C=O) groups excluding carboxylic acids is 2. The highest BCUT2D eigenvalue weighted by Gasteiger charge is 2.35. The van der Waals surface area contributed by atoms with Crippen molar-refractivity contribution < 1.29 is 27.5 Å². The predicted molar refractivity (Wildman–Crippen MR) is 97.5 cm³/mol. The molecule has 2 rings (SSSR count). The van der Waals surface area contributed by atoms with Crippen molar-refractivity contribution in [1.82, 2.24) is 9.62 Å². The van der Waals surface area contributed by atoms with Crippen LogP contribution in [-0.2, 0) is 24.3 Å². The van der Waals surface area contributed by atoms with Gasteiger partial charge in [0.2, 0.25) is 21.8 Å². The number of methoxy groups -OCH3 is 1. The van der Waals surface area contributed by atoms with Crippen LogP contribution in [0.1, 0.15) is 13.8 Å². The number of nitrogens with two attached hydrogens (primary N) is 1. The summed E-state index contributed by atoms with van der Waals surface area (Å²) in [6.07, 6.45) is -0.895. The number of primary amides is 1. The molecule has 0 spiro atoms. The number of nitrogens with zero attached hydrogens (tertiary/aromatic N) is 1. The summed E-state index contributed by atoms with van der Waals surface area (Å²) in [7, 11) is -2.44. The van der Waals surface area contributed by atoms with E-state index in [1.807, 2.05) is 0 Å². The highest BCUT2D eigenvalue weighted by atomic mass is 32.2. The molecule has 9 nitrogen and oxygen atoms in total. The average Bonchev–Trinajstić information content (AvgIpc) is 2.65. The Morgan fingerprint density at radius 2 is 1.93 bits per heavy atom. The van der Waals surface area contributed by atoms with Gasteiger partial charge in [0.05, 0.1) is 25.2 Å². The molecule has 10 heteroatoms. The summed E-state index contributed by atoms with van der Waals surface area (Å²) < 4.78 is 38.1. The average molecular weight is 399 g/mol. The van der Waals surface area contributed by atoms with Crippen LogP contribution in [0.3, 0.4) is 0 Å². The van der Waals surface area contributed by atoms with Crippen molar-refractivity contribution in [2.24, 2.45) is 11.7 Å². The number of rotatable bonds is 7. The van der Waals surface area contributed by atoms with E-state index >= 15 is 0 Å². The Morgan fingerprint density at radius 1 is 1.30 bits per heavy atom. The highest BCUT2D eigenvalue weighted by Crippen LogP contribution is 2.18. The van der Waals surface area contributed by atoms with Gasteiger partial charge in [-0.3, -0.25) is 9.59 Å². The summed E-state index contributed by atoms with van der Waals surface area (Å²) >= 11 is 0. The molecular weight excluding hydrogens is 374 g/mol. The Hall–Kier alpha value is -2.17. The lowest BCUT2D eigenvalue weighted by Gasteiger charge is -2.35. The monoisotopic (exact) mass is 399 g/mol. The van der Waals surface area contributed by atoms with Crippen LogP contribution < -0.4 is 15.2 Å². The first-order valence-corrected chi connectivity index (χ1v) is 10.00. The van der Waals surface area contributed by atoms with E-state index in [-0.39, 0.29) is 30.5 Å². The quantitative estimate of drug-likeness (QED) is 0.648. The van der Waals surface area contributed by atoms with E-state index in [9.17, 15) is 18.0 Å². The van der Waals surface area contributed by atoms with Crippen LogP contribution in [0.4, 0.5) is 0 Å². The Labute approximate surface area is 158 Å². The first-order chi connectivity index (χ1) is 12.7. The number of benzene rings is 1. The maximum absolute atomic E-state index is 12.9. The van der Waals surface area contributed by atoms with Gasteiger partial charge in [0, 0.05) is 6.54 Å². The molecule has 1 saturated heterocycles. The molecule has 1 aliphatic rings. The molecular formula is C17H25N3O6S. The molecule has 1 aromatic rings. The fourth-order valence-electron chi connectivity index (χ4n) is 2.68. The fraction of sp³-hybridized carbons (Fsp3) is 0.529. The van der Waals surface area contributed by atoms with E-state index in [2.05, 4.69) is 4.72 Å². The van der Waals surface area contributed by atoms with E-state index in [0.717, 1.165) is 0 Å². The van der Waals surface area contributed by atoms with Crippen molar-refractivity contribution in [3.63, 3.8) is 0 Å². The second-order valence-electron chi connectivity index (χ2n) is 6.56. The molecule has 2 amide bonds. The number of nitrogens with one attached hydrogen (secondary N) is 1. The minimum Gasteiger partial charge on any atom is -0.497 e. The topological polar surface area (TPSA) is 128 Å². The van der Waals surface area contributed by atoms with Gasteiger partial charge in [-0.15, -0.1) is 0 Å². The molecule has 1 heterocycles. The van der Waals surface area contributed by atoms with E-state index in [1.165, 1.54) is 36.3 Å². The Kier molecular flexibility index (Phi) is 6.79. The zero-order chi connectivity index (χ0) is 20.2. The minimum absolute atomic E-state index is 0.00164. The molecule has 0 radical (unpaired) electrons. The molecule has 150 valence electrons. The van der Waals surface area contributed by atoms with Gasteiger partial charge in [0.15, 0.2) is 6.10 Å². The molecule has 2 atom stereocenters.